The SMILES string of the molecule is CCCNc1snnc1COc1cccc(C)c1F. The number of rotatable bonds is 6. The lowest BCUT2D eigenvalue weighted by molar-refractivity contribution is 0.285. The van der Waals surface area contributed by atoms with Crippen LogP contribution < -0.4 is 10.1 Å². The topological polar surface area (TPSA) is 47.0 Å². The molecule has 0 bridgehead atoms. The van der Waals surface area contributed by atoms with Crippen LogP contribution in [0.3, 0.4) is 0 Å². The predicted octanol–water partition coefficient (Wildman–Crippen LogP) is 3.39. The first-order valence-electron chi connectivity index (χ1n) is 6.15. The number of aryl methyl sites for hydroxylation is 1. The van der Waals surface area contributed by atoms with Crippen molar-refractivity contribution in [3.8, 4) is 5.75 Å². The Hall–Kier alpha value is -1.69. The fraction of sp³-hybridized carbons (Fsp3) is 0.385. The van der Waals surface area contributed by atoms with E-state index >= 15 is 0 Å². The summed E-state index contributed by atoms with van der Waals surface area (Å²) in [5, 5.41) is 8.10. The van der Waals surface area contributed by atoms with Crippen molar-refractivity contribution in [1.82, 2.24) is 9.59 Å². The van der Waals surface area contributed by atoms with Crippen molar-refractivity contribution in [3.05, 3.63) is 35.3 Å². The summed E-state index contributed by atoms with van der Waals surface area (Å²) in [5.74, 6) is -0.0804. The Morgan fingerprint density at radius 3 is 3.05 bits per heavy atom. The van der Waals surface area contributed by atoms with Gasteiger partial charge in [0.05, 0.1) is 0 Å². The van der Waals surface area contributed by atoms with Gasteiger partial charge in [-0.25, -0.2) is 4.39 Å². The number of benzene rings is 1. The van der Waals surface area contributed by atoms with Crippen LogP contribution in [0.5, 0.6) is 5.75 Å². The van der Waals surface area contributed by atoms with E-state index in [-0.39, 0.29) is 18.2 Å². The zero-order valence-electron chi connectivity index (χ0n) is 10.9. The maximum absolute atomic E-state index is 13.8. The van der Waals surface area contributed by atoms with Crippen molar-refractivity contribution in [2.45, 2.75) is 26.9 Å². The van der Waals surface area contributed by atoms with Crippen LogP contribution in [0.2, 0.25) is 0 Å². The van der Waals surface area contributed by atoms with Gasteiger partial charge in [0.2, 0.25) is 0 Å². The number of hydrogen-bond acceptors (Lipinski definition) is 5. The van der Waals surface area contributed by atoms with Crippen LogP contribution >= 0.6 is 11.5 Å². The van der Waals surface area contributed by atoms with E-state index in [0.717, 1.165) is 18.0 Å². The van der Waals surface area contributed by atoms with Crippen LogP contribution in [0, 0.1) is 12.7 Å². The lowest BCUT2D eigenvalue weighted by Gasteiger charge is -2.08. The van der Waals surface area contributed by atoms with E-state index in [1.165, 1.54) is 11.5 Å². The van der Waals surface area contributed by atoms with E-state index in [1.807, 2.05) is 0 Å². The third kappa shape index (κ3) is 3.41. The first-order valence-corrected chi connectivity index (χ1v) is 6.92. The lowest BCUT2D eigenvalue weighted by atomic mass is 10.2. The van der Waals surface area contributed by atoms with Crippen LogP contribution in [0.4, 0.5) is 9.39 Å². The van der Waals surface area contributed by atoms with Gasteiger partial charge in [0.1, 0.15) is 17.3 Å². The fourth-order valence-corrected chi connectivity index (χ4v) is 2.15. The molecule has 19 heavy (non-hydrogen) atoms. The second-order valence-electron chi connectivity index (χ2n) is 4.15. The Morgan fingerprint density at radius 2 is 2.26 bits per heavy atom. The molecule has 1 aromatic carbocycles. The van der Waals surface area contributed by atoms with Gasteiger partial charge in [-0.3, -0.25) is 0 Å². The molecule has 0 saturated carbocycles. The summed E-state index contributed by atoms with van der Waals surface area (Å²) >= 11 is 1.29. The van der Waals surface area contributed by atoms with E-state index in [0.29, 0.717) is 11.3 Å². The molecule has 0 aliphatic carbocycles. The highest BCUT2D eigenvalue weighted by molar-refractivity contribution is 7.10. The van der Waals surface area contributed by atoms with Crippen molar-refractivity contribution < 1.29 is 9.13 Å². The molecule has 0 atom stereocenters. The van der Waals surface area contributed by atoms with Gasteiger partial charge in [-0.1, -0.05) is 23.5 Å². The van der Waals surface area contributed by atoms with Crippen LogP contribution in [0.1, 0.15) is 24.6 Å². The Balaban J connectivity index is 2.02. The number of aromatic nitrogens is 2. The third-order valence-corrected chi connectivity index (χ3v) is 3.34. The second-order valence-corrected chi connectivity index (χ2v) is 4.91. The minimum atomic E-state index is -0.325. The molecule has 0 spiro atoms. The first-order chi connectivity index (χ1) is 9.22. The number of hydrogen-bond donors (Lipinski definition) is 1. The summed E-state index contributed by atoms with van der Waals surface area (Å²) in [6, 6.07) is 5.09. The Kier molecular flexibility index (Phi) is 4.68. The average molecular weight is 281 g/mol. The largest absolute Gasteiger partial charge is 0.484 e. The molecule has 0 aliphatic heterocycles. The molecule has 2 aromatic rings. The summed E-state index contributed by atoms with van der Waals surface area (Å²) in [6.45, 7) is 4.86. The third-order valence-electron chi connectivity index (χ3n) is 2.61. The van der Waals surface area contributed by atoms with E-state index in [4.69, 9.17) is 4.74 Å². The molecule has 6 heteroatoms. The molecule has 0 aliphatic rings. The highest BCUT2D eigenvalue weighted by Gasteiger charge is 2.10. The summed E-state index contributed by atoms with van der Waals surface area (Å²) in [4.78, 5) is 0. The van der Waals surface area contributed by atoms with Gasteiger partial charge in [-0.05, 0) is 25.0 Å². The predicted molar refractivity (Wildman–Crippen MR) is 74.2 cm³/mol. The maximum Gasteiger partial charge on any atom is 0.167 e. The zero-order chi connectivity index (χ0) is 13.7. The van der Waals surface area contributed by atoms with Gasteiger partial charge in [-0.15, -0.1) is 5.10 Å². The van der Waals surface area contributed by atoms with Gasteiger partial charge in [-0.2, -0.15) is 0 Å². The molecule has 1 heterocycles. The van der Waals surface area contributed by atoms with Crippen molar-refractivity contribution in [3.63, 3.8) is 0 Å². The van der Waals surface area contributed by atoms with Gasteiger partial charge in [0.25, 0.3) is 0 Å². The Bertz CT molecular complexity index is 544. The molecule has 2 rings (SSSR count). The molecule has 4 nitrogen and oxygen atoms in total. The molecule has 0 fully saturated rings. The highest BCUT2D eigenvalue weighted by atomic mass is 32.1. The number of nitrogens with zero attached hydrogens (tertiary/aromatic N) is 2. The van der Waals surface area contributed by atoms with E-state index in [9.17, 15) is 4.39 Å². The fourth-order valence-electron chi connectivity index (χ4n) is 1.55. The van der Waals surface area contributed by atoms with Gasteiger partial charge in [0, 0.05) is 18.1 Å². The van der Waals surface area contributed by atoms with Crippen molar-refractivity contribution in [1.29, 1.82) is 0 Å². The number of anilines is 1. The lowest BCUT2D eigenvalue weighted by Crippen LogP contribution is -2.04. The molecule has 102 valence electrons. The van der Waals surface area contributed by atoms with Crippen molar-refractivity contribution >= 4 is 16.5 Å². The molecule has 0 amide bonds. The minimum absolute atomic E-state index is 0.211. The molecule has 0 saturated heterocycles. The standard InChI is InChI=1S/C13H16FN3OS/c1-3-7-15-13-10(16-17-19-13)8-18-11-6-4-5-9(2)12(11)14/h4-6,15H,3,7-8H2,1-2H3. The molecule has 1 N–H and O–H groups in total. The minimum Gasteiger partial charge on any atom is -0.484 e. The van der Waals surface area contributed by atoms with E-state index in [1.54, 1.807) is 25.1 Å². The Morgan fingerprint density at radius 1 is 1.42 bits per heavy atom. The summed E-state index contributed by atoms with van der Waals surface area (Å²) in [6.07, 6.45) is 1.02. The van der Waals surface area contributed by atoms with Gasteiger partial charge >= 0.3 is 0 Å². The Labute approximate surface area is 115 Å². The number of nitrogens with one attached hydrogen (secondary N) is 1. The van der Waals surface area contributed by atoms with Crippen LogP contribution in [0.15, 0.2) is 18.2 Å². The average Bonchev–Trinajstić information content (AvgIpc) is 2.85. The van der Waals surface area contributed by atoms with E-state index < -0.39 is 0 Å². The second kappa shape index (κ2) is 6.47. The highest BCUT2D eigenvalue weighted by Crippen LogP contribution is 2.23. The molecule has 0 radical (unpaired) electrons. The molecule has 0 unspecified atom stereocenters. The number of halogens is 1. The number of ether oxygens (including phenoxy) is 1. The van der Waals surface area contributed by atoms with Crippen molar-refractivity contribution in [2.24, 2.45) is 0 Å². The zero-order valence-corrected chi connectivity index (χ0v) is 11.8. The van der Waals surface area contributed by atoms with Crippen LogP contribution in [-0.4, -0.2) is 16.1 Å². The van der Waals surface area contributed by atoms with Crippen LogP contribution in [-0.2, 0) is 6.61 Å². The van der Waals surface area contributed by atoms with E-state index in [2.05, 4.69) is 21.8 Å². The van der Waals surface area contributed by atoms with Crippen LogP contribution in [0.25, 0.3) is 0 Å². The first kappa shape index (κ1) is 13.7. The molecule has 1 aromatic heterocycles. The summed E-state index contributed by atoms with van der Waals surface area (Å²) in [5.41, 5.74) is 1.28. The van der Waals surface area contributed by atoms with Gasteiger partial charge < -0.3 is 10.1 Å². The quantitative estimate of drug-likeness (QED) is 0.881. The summed E-state index contributed by atoms with van der Waals surface area (Å²) < 4.78 is 23.1. The van der Waals surface area contributed by atoms with Gasteiger partial charge in [0.15, 0.2) is 11.6 Å². The molecular weight excluding hydrogens is 265 g/mol. The normalized spacial score (nSPS) is 10.5. The smallest absolute Gasteiger partial charge is 0.167 e. The summed E-state index contributed by atoms with van der Waals surface area (Å²) in [7, 11) is 0. The molecular formula is C13H16FN3OS. The van der Waals surface area contributed by atoms with Crippen molar-refractivity contribution in [2.75, 3.05) is 11.9 Å². The monoisotopic (exact) mass is 281 g/mol. The maximum atomic E-state index is 13.8.